The zero-order chi connectivity index (χ0) is 94.0. The summed E-state index contributed by atoms with van der Waals surface area (Å²) in [5.41, 5.74) is 43.8. The highest BCUT2D eigenvalue weighted by Gasteiger charge is 2.52. The van der Waals surface area contributed by atoms with Gasteiger partial charge in [0.05, 0.1) is 45.0 Å². The summed E-state index contributed by atoms with van der Waals surface area (Å²) in [5.74, 6) is 2.13. The third kappa shape index (κ3) is 14.8. The minimum absolute atomic E-state index is 0.0741. The van der Waals surface area contributed by atoms with Crippen LogP contribution in [0.2, 0.25) is 0 Å². The molecule has 4 aliphatic rings. The maximum atomic E-state index is 5.19. The van der Waals surface area contributed by atoms with Gasteiger partial charge >= 0.3 is 0 Å². The molecule has 662 valence electrons. The Balaban J connectivity index is 0.000000112. The lowest BCUT2D eigenvalue weighted by Gasteiger charge is -2.33. The number of aromatic nitrogens is 9. The molecule has 6 aromatic heterocycles. The van der Waals surface area contributed by atoms with E-state index >= 15 is 0 Å². The molecule has 0 saturated carbocycles. The van der Waals surface area contributed by atoms with Crippen LogP contribution in [-0.2, 0) is 16.2 Å². The molecule has 9 heteroatoms. The van der Waals surface area contributed by atoms with Gasteiger partial charge in [0.2, 0.25) is 0 Å². The smallest absolute Gasteiger partial charge is 0.160 e. The lowest BCUT2D eigenvalue weighted by Crippen LogP contribution is -2.28. The molecule has 141 heavy (non-hydrogen) atoms. The summed E-state index contributed by atoms with van der Waals surface area (Å²) in [6.07, 6.45) is 11.1. The SMILES string of the molecule is CC1(C)c2ccc(-c3cc(-c4ccc(-c5cccnc5)cc4)nc(-c4ccccc4)n3)cc2-c2c1ccc1ccccc21.c1ccc(-c2nc(-c3ccc(-c4cccnc4)cc3)cc(-c3ccc4c(c3)-c3ccccc3C4(c3ccccc3)c3ccccc3)n2)cc1.c1ccc(-c2nc(-c3ccc(-c4cccnc4)cc3)cc(-c3ccc4c(c3)-c3ccccc3C43c4ccccc4-c4ccccc43)n2)cc1. The van der Waals surface area contributed by atoms with Crippen LogP contribution in [0.1, 0.15) is 69.5 Å². The third-order valence-electron chi connectivity index (χ3n) is 28.7. The predicted molar refractivity (Wildman–Crippen MR) is 573 cm³/mol. The average Bonchev–Trinajstić information content (AvgIpc) is 1.51. The molecule has 17 aromatic carbocycles. The van der Waals surface area contributed by atoms with Crippen molar-refractivity contribution >= 4 is 10.8 Å². The first-order valence-electron chi connectivity index (χ1n) is 48.0. The van der Waals surface area contributed by atoms with Crippen molar-refractivity contribution in [3.63, 3.8) is 0 Å². The van der Waals surface area contributed by atoms with Crippen molar-refractivity contribution in [2.45, 2.75) is 30.1 Å². The lowest BCUT2D eigenvalue weighted by atomic mass is 9.67. The zero-order valence-corrected chi connectivity index (χ0v) is 77.4. The van der Waals surface area contributed by atoms with E-state index in [-0.39, 0.29) is 10.8 Å². The maximum absolute atomic E-state index is 5.19. The summed E-state index contributed by atoms with van der Waals surface area (Å²) in [4.78, 5) is 43.6. The van der Waals surface area contributed by atoms with Crippen LogP contribution in [0.3, 0.4) is 0 Å². The highest BCUT2D eigenvalue weighted by Crippen LogP contribution is 2.64. The fourth-order valence-electron chi connectivity index (χ4n) is 22.0. The maximum Gasteiger partial charge on any atom is 0.160 e. The quantitative estimate of drug-likeness (QED) is 0.105. The second kappa shape index (κ2) is 35.4. The first-order chi connectivity index (χ1) is 69.6. The van der Waals surface area contributed by atoms with Gasteiger partial charge in [-0.05, 0) is 199 Å². The van der Waals surface area contributed by atoms with Crippen molar-refractivity contribution in [1.29, 1.82) is 0 Å². The van der Waals surface area contributed by atoms with Crippen molar-refractivity contribution < 1.29 is 0 Å². The number of pyridine rings is 3. The van der Waals surface area contributed by atoms with E-state index < -0.39 is 5.41 Å². The summed E-state index contributed by atoms with van der Waals surface area (Å²) in [7, 11) is 0. The van der Waals surface area contributed by atoms with E-state index in [2.05, 4.69) is 423 Å². The van der Waals surface area contributed by atoms with E-state index in [4.69, 9.17) is 29.9 Å². The molecule has 6 heterocycles. The van der Waals surface area contributed by atoms with Crippen molar-refractivity contribution in [2.75, 3.05) is 0 Å². The third-order valence-corrected chi connectivity index (χ3v) is 28.7. The Morgan fingerprint density at radius 1 is 0.170 bits per heavy atom. The number of rotatable bonds is 14. The number of hydrogen-bond acceptors (Lipinski definition) is 9. The van der Waals surface area contributed by atoms with Crippen LogP contribution in [0.5, 0.6) is 0 Å². The van der Waals surface area contributed by atoms with Gasteiger partial charge in [-0.15, -0.1) is 0 Å². The van der Waals surface area contributed by atoms with E-state index in [1.807, 2.05) is 91.4 Å². The molecule has 0 fully saturated rings. The summed E-state index contributed by atoms with van der Waals surface area (Å²) >= 11 is 0. The molecule has 0 radical (unpaired) electrons. The van der Waals surface area contributed by atoms with Crippen LogP contribution >= 0.6 is 0 Å². The van der Waals surface area contributed by atoms with Crippen LogP contribution < -0.4 is 0 Å². The molecule has 0 unspecified atom stereocenters. The Bertz CT molecular complexity index is 8340. The molecular formula is C132H89N9. The monoisotopic (exact) mass is 1800 g/mol. The molecule has 1 spiro atoms. The zero-order valence-electron chi connectivity index (χ0n) is 77.4. The number of fused-ring (bicyclic) bond motifs is 18. The van der Waals surface area contributed by atoms with Crippen molar-refractivity contribution in [3.05, 3.63) is 560 Å². The molecule has 9 nitrogen and oxygen atoms in total. The molecule has 27 rings (SSSR count). The fraction of sp³-hybridized carbons (Fsp3) is 0.0379. The molecule has 0 aliphatic heterocycles. The van der Waals surface area contributed by atoms with E-state index in [0.717, 1.165) is 123 Å². The first kappa shape index (κ1) is 84.4. The molecule has 0 saturated heterocycles. The van der Waals surface area contributed by atoms with Gasteiger partial charge in [0.15, 0.2) is 17.5 Å². The molecule has 0 bridgehead atoms. The van der Waals surface area contributed by atoms with Crippen LogP contribution in [-0.4, -0.2) is 44.9 Å². The van der Waals surface area contributed by atoms with E-state index in [9.17, 15) is 0 Å². The van der Waals surface area contributed by atoms with Crippen LogP contribution in [0.25, 0.3) is 190 Å². The van der Waals surface area contributed by atoms with E-state index in [1.165, 1.54) is 111 Å². The van der Waals surface area contributed by atoms with Crippen LogP contribution in [0, 0.1) is 0 Å². The summed E-state index contributed by atoms with van der Waals surface area (Å²) in [6.45, 7) is 4.66. The van der Waals surface area contributed by atoms with E-state index in [0.29, 0.717) is 11.6 Å². The second-order valence-corrected chi connectivity index (χ2v) is 37.0. The Hall–Kier alpha value is -18.3. The standard InChI is InChI=1S/C46H29N3.C46H31N3.C40H29N3/c1-2-11-32(12-3-1)45-48-43(31-22-20-30(21-23-31)34-13-10-26-47-29-34)28-44(49-45)33-24-25-42-38(27-33)37-16-6-9-19-41(37)46(42)39-17-7-4-14-35(39)36-15-5-8-18-40(36)46;1-4-13-34(14-5-1)45-48-43(33-24-22-32(23-25-33)36-15-12-28-47-31-36)30-44(49-45)35-26-27-42-40(29-35)39-20-10-11-21-41(39)46(42,37-16-6-2-7-17-37)38-18-8-3-9-19-38;1-40(2)34-20-19-30(23-33(34)38-32-13-7-6-9-27(32)18-21-35(38)40)37-24-36(42-39(43-37)29-10-4-3-5-11-29)28-16-14-26(15-17-28)31-12-8-22-41-25-31/h1-29H;1-31H;3-25H,1-2H3. The molecule has 23 aromatic rings. The van der Waals surface area contributed by atoms with Crippen molar-refractivity contribution in [1.82, 2.24) is 44.9 Å². The van der Waals surface area contributed by atoms with Gasteiger partial charge < -0.3 is 0 Å². The number of nitrogens with zero attached hydrogens (tertiary/aromatic N) is 9. The van der Waals surface area contributed by atoms with Gasteiger partial charge in [-0.2, -0.15) is 0 Å². The van der Waals surface area contributed by atoms with Gasteiger partial charge in [-0.3, -0.25) is 15.0 Å². The summed E-state index contributed by atoms with van der Waals surface area (Å²) in [6, 6.07) is 166. The largest absolute Gasteiger partial charge is 0.264 e. The summed E-state index contributed by atoms with van der Waals surface area (Å²) < 4.78 is 0. The highest BCUT2D eigenvalue weighted by atomic mass is 14.9. The topological polar surface area (TPSA) is 116 Å². The molecule has 4 aliphatic carbocycles. The summed E-state index contributed by atoms with van der Waals surface area (Å²) in [5, 5.41) is 2.56. The van der Waals surface area contributed by atoms with Gasteiger partial charge in [0.1, 0.15) is 0 Å². The van der Waals surface area contributed by atoms with Gasteiger partial charge in [0, 0.05) is 92.7 Å². The molecule has 0 atom stereocenters. The van der Waals surface area contributed by atoms with Crippen molar-refractivity contribution in [2.24, 2.45) is 0 Å². The van der Waals surface area contributed by atoms with Gasteiger partial charge in [-0.25, -0.2) is 29.9 Å². The van der Waals surface area contributed by atoms with E-state index in [1.54, 1.807) is 18.6 Å². The number of hydrogen-bond donors (Lipinski definition) is 0. The normalized spacial score (nSPS) is 12.9. The lowest BCUT2D eigenvalue weighted by molar-refractivity contribution is 0.661. The minimum Gasteiger partial charge on any atom is -0.264 e. The highest BCUT2D eigenvalue weighted by molar-refractivity contribution is 6.04. The predicted octanol–water partition coefficient (Wildman–Crippen LogP) is 31.8. The Kier molecular flexibility index (Phi) is 21.2. The molecular weight excluding hydrogens is 1710 g/mol. The Labute approximate surface area is 819 Å². The number of benzene rings is 17. The molecule has 0 amide bonds. The van der Waals surface area contributed by atoms with Crippen LogP contribution in [0.15, 0.2) is 504 Å². The second-order valence-electron chi connectivity index (χ2n) is 37.0. The van der Waals surface area contributed by atoms with Gasteiger partial charge in [0.25, 0.3) is 0 Å². The Morgan fingerprint density at radius 3 is 0.809 bits per heavy atom. The fourth-order valence-corrected chi connectivity index (χ4v) is 22.0. The molecule has 0 N–H and O–H groups in total. The van der Waals surface area contributed by atoms with Gasteiger partial charge in [-0.1, -0.05) is 426 Å². The minimum atomic E-state index is -0.435. The average molecular weight is 1800 g/mol. The van der Waals surface area contributed by atoms with Crippen LogP contribution in [0.4, 0.5) is 0 Å². The van der Waals surface area contributed by atoms with Crippen molar-refractivity contribution in [3.8, 4) is 180 Å². The Morgan fingerprint density at radius 2 is 0.440 bits per heavy atom. The first-order valence-corrected chi connectivity index (χ1v) is 48.0.